The molecule has 0 spiro atoms. The third-order valence-electron chi connectivity index (χ3n) is 2.57. The Hall–Kier alpha value is -2.32. The van der Waals surface area contributed by atoms with Crippen LogP contribution in [0, 0.1) is 0 Å². The van der Waals surface area contributed by atoms with Crippen LogP contribution in [0.15, 0.2) is 18.5 Å². The lowest BCUT2D eigenvalue weighted by atomic mass is 10.2. The number of alkyl halides is 3. The van der Waals surface area contributed by atoms with Gasteiger partial charge in [-0.25, -0.2) is 0 Å². The van der Waals surface area contributed by atoms with Crippen molar-refractivity contribution in [1.29, 1.82) is 0 Å². The molecule has 0 aliphatic rings. The molecule has 6 nitrogen and oxygen atoms in total. The highest BCUT2D eigenvalue weighted by molar-refractivity contribution is 5.90. The number of primary amides is 1. The maximum Gasteiger partial charge on any atom is 0.433 e. The first-order chi connectivity index (χ1) is 8.80. The van der Waals surface area contributed by atoms with Crippen molar-refractivity contribution < 1.29 is 18.0 Å². The number of nitrogens with zero attached hydrogens (tertiary/aromatic N) is 4. The van der Waals surface area contributed by atoms with Gasteiger partial charge in [-0.1, -0.05) is 0 Å². The topological polar surface area (TPSA) is 78.7 Å². The summed E-state index contributed by atoms with van der Waals surface area (Å²) in [6.45, 7) is -0.228. The first-order valence-electron chi connectivity index (χ1n) is 5.20. The van der Waals surface area contributed by atoms with Gasteiger partial charge in [0, 0.05) is 18.8 Å². The summed E-state index contributed by atoms with van der Waals surface area (Å²) in [5.41, 5.74) is 4.18. The lowest BCUT2D eigenvalue weighted by molar-refractivity contribution is -0.144. The van der Waals surface area contributed by atoms with Crippen molar-refractivity contribution in [2.24, 2.45) is 12.8 Å². The quantitative estimate of drug-likeness (QED) is 0.897. The molecule has 2 aromatic rings. The summed E-state index contributed by atoms with van der Waals surface area (Å²) in [6, 6.07) is 1.34. The molecule has 0 aromatic carbocycles. The van der Waals surface area contributed by atoms with E-state index in [0.29, 0.717) is 0 Å². The van der Waals surface area contributed by atoms with Crippen molar-refractivity contribution in [1.82, 2.24) is 19.6 Å². The van der Waals surface area contributed by atoms with Gasteiger partial charge in [-0.2, -0.15) is 23.4 Å². The number of aryl methyl sites for hydroxylation is 1. The van der Waals surface area contributed by atoms with Gasteiger partial charge < -0.3 is 5.73 Å². The van der Waals surface area contributed by atoms with E-state index in [-0.39, 0.29) is 17.8 Å². The van der Waals surface area contributed by atoms with Gasteiger partial charge in [0.2, 0.25) is 0 Å². The molecule has 2 heterocycles. The normalized spacial score (nSPS) is 11.8. The molecule has 0 radical (unpaired) electrons. The van der Waals surface area contributed by atoms with Crippen LogP contribution in [0.4, 0.5) is 13.2 Å². The molecule has 102 valence electrons. The highest BCUT2D eigenvalue weighted by Crippen LogP contribution is 2.31. The number of carbonyl (C=O) groups is 1. The first kappa shape index (κ1) is 13.1. The van der Waals surface area contributed by atoms with E-state index >= 15 is 0 Å². The number of nitrogens with two attached hydrogens (primary N) is 1. The van der Waals surface area contributed by atoms with Crippen LogP contribution in [0.1, 0.15) is 21.7 Å². The summed E-state index contributed by atoms with van der Waals surface area (Å²) in [5, 5.41) is 7.35. The van der Waals surface area contributed by atoms with Gasteiger partial charge in [-0.05, 0) is 6.07 Å². The number of carbonyl (C=O) groups excluding carboxylic acids is 1. The second-order valence-electron chi connectivity index (χ2n) is 3.88. The summed E-state index contributed by atoms with van der Waals surface area (Å²) >= 11 is 0. The second kappa shape index (κ2) is 4.41. The Morgan fingerprint density at radius 1 is 1.42 bits per heavy atom. The Kier molecular flexibility index (Phi) is 3.05. The molecule has 0 saturated carbocycles. The van der Waals surface area contributed by atoms with E-state index in [9.17, 15) is 18.0 Å². The Balaban J connectivity index is 2.40. The van der Waals surface area contributed by atoms with E-state index in [0.717, 1.165) is 15.6 Å². The minimum Gasteiger partial charge on any atom is -0.364 e. The zero-order valence-corrected chi connectivity index (χ0v) is 9.85. The maximum atomic E-state index is 12.8. The molecule has 19 heavy (non-hydrogen) atoms. The van der Waals surface area contributed by atoms with Crippen molar-refractivity contribution in [3.05, 3.63) is 35.4 Å². The Morgan fingerprint density at radius 3 is 2.68 bits per heavy atom. The molecule has 2 rings (SSSR count). The Bertz CT molecular complexity index is 613. The van der Waals surface area contributed by atoms with Gasteiger partial charge in [0.15, 0.2) is 0 Å². The summed E-state index contributed by atoms with van der Waals surface area (Å²) in [6.07, 6.45) is -2.14. The Morgan fingerprint density at radius 2 is 2.11 bits per heavy atom. The van der Waals surface area contributed by atoms with Crippen LogP contribution in [0.5, 0.6) is 0 Å². The van der Waals surface area contributed by atoms with Gasteiger partial charge in [0.25, 0.3) is 5.91 Å². The van der Waals surface area contributed by atoms with E-state index in [2.05, 4.69) is 10.2 Å². The lowest BCUT2D eigenvalue weighted by Crippen LogP contribution is -2.20. The largest absolute Gasteiger partial charge is 0.433 e. The SMILES string of the molecule is Cn1ncc(Cn2nccc2C(N)=O)c1C(F)(F)F. The molecule has 9 heteroatoms. The number of aromatic nitrogens is 4. The number of halogens is 3. The number of hydrogen-bond acceptors (Lipinski definition) is 3. The predicted octanol–water partition coefficient (Wildman–Crippen LogP) is 0.783. The van der Waals surface area contributed by atoms with Crippen molar-refractivity contribution in [2.75, 3.05) is 0 Å². The molecule has 2 N–H and O–H groups in total. The minimum atomic E-state index is -4.53. The van der Waals surface area contributed by atoms with Crippen LogP contribution in [-0.2, 0) is 19.8 Å². The molecule has 0 aliphatic carbocycles. The van der Waals surface area contributed by atoms with Crippen molar-refractivity contribution in [3.8, 4) is 0 Å². The van der Waals surface area contributed by atoms with Gasteiger partial charge in [0.1, 0.15) is 11.4 Å². The molecule has 0 aliphatic heterocycles. The van der Waals surface area contributed by atoms with E-state index in [1.54, 1.807) is 0 Å². The molecule has 2 aromatic heterocycles. The van der Waals surface area contributed by atoms with E-state index in [1.807, 2.05) is 0 Å². The number of amides is 1. The van der Waals surface area contributed by atoms with Gasteiger partial charge in [0.05, 0.1) is 12.7 Å². The summed E-state index contributed by atoms with van der Waals surface area (Å²) in [5.74, 6) is -0.755. The molecule has 0 atom stereocenters. The van der Waals surface area contributed by atoms with Crippen LogP contribution in [-0.4, -0.2) is 25.5 Å². The minimum absolute atomic E-state index is 0.0389. The van der Waals surface area contributed by atoms with Crippen molar-refractivity contribution in [2.45, 2.75) is 12.7 Å². The highest BCUT2D eigenvalue weighted by Gasteiger charge is 2.37. The van der Waals surface area contributed by atoms with Crippen LogP contribution in [0.25, 0.3) is 0 Å². The van der Waals surface area contributed by atoms with Crippen LogP contribution in [0.3, 0.4) is 0 Å². The van der Waals surface area contributed by atoms with Crippen molar-refractivity contribution in [3.63, 3.8) is 0 Å². The highest BCUT2D eigenvalue weighted by atomic mass is 19.4. The van der Waals surface area contributed by atoms with Crippen LogP contribution >= 0.6 is 0 Å². The molecule has 0 bridgehead atoms. The third kappa shape index (κ3) is 2.44. The molecule has 0 fully saturated rings. The Labute approximate surface area is 105 Å². The molecule has 0 unspecified atom stereocenters. The van der Waals surface area contributed by atoms with E-state index in [1.165, 1.54) is 19.3 Å². The average molecular weight is 273 g/mol. The first-order valence-corrected chi connectivity index (χ1v) is 5.20. The van der Waals surface area contributed by atoms with Crippen LogP contribution in [0.2, 0.25) is 0 Å². The summed E-state index contributed by atoms with van der Waals surface area (Å²) in [4.78, 5) is 11.1. The molecular weight excluding hydrogens is 263 g/mol. The zero-order valence-electron chi connectivity index (χ0n) is 9.85. The standard InChI is InChI=1S/C10H10F3N5O/c1-17-8(10(11,12)13)6(4-16-17)5-18-7(9(14)19)2-3-15-18/h2-4H,5H2,1H3,(H2,14,19). The fourth-order valence-corrected chi connectivity index (χ4v) is 1.79. The van der Waals surface area contributed by atoms with E-state index in [4.69, 9.17) is 5.73 Å². The molecule has 0 saturated heterocycles. The van der Waals surface area contributed by atoms with Gasteiger partial charge in [-0.15, -0.1) is 0 Å². The zero-order chi connectivity index (χ0) is 14.2. The molecule has 1 amide bonds. The smallest absolute Gasteiger partial charge is 0.364 e. The monoisotopic (exact) mass is 273 g/mol. The van der Waals surface area contributed by atoms with E-state index < -0.39 is 17.8 Å². The number of rotatable bonds is 3. The van der Waals surface area contributed by atoms with Crippen molar-refractivity contribution >= 4 is 5.91 Å². The summed E-state index contributed by atoms with van der Waals surface area (Å²) < 4.78 is 40.4. The maximum absolute atomic E-state index is 12.8. The number of hydrogen-bond donors (Lipinski definition) is 1. The fourth-order valence-electron chi connectivity index (χ4n) is 1.79. The third-order valence-corrected chi connectivity index (χ3v) is 2.57. The fraction of sp³-hybridized carbons (Fsp3) is 0.300. The molecular formula is C10H10F3N5O. The lowest BCUT2D eigenvalue weighted by Gasteiger charge is -2.10. The average Bonchev–Trinajstić information content (AvgIpc) is 2.84. The van der Waals surface area contributed by atoms with Gasteiger partial charge in [-0.3, -0.25) is 14.2 Å². The summed E-state index contributed by atoms with van der Waals surface area (Å²) in [7, 11) is 1.20. The predicted molar refractivity (Wildman–Crippen MR) is 58.1 cm³/mol. The second-order valence-corrected chi connectivity index (χ2v) is 3.88. The van der Waals surface area contributed by atoms with Gasteiger partial charge >= 0.3 is 6.18 Å². The van der Waals surface area contributed by atoms with Crippen LogP contribution < -0.4 is 5.73 Å².